The second-order valence-electron chi connectivity index (χ2n) is 5.95. The van der Waals surface area contributed by atoms with Crippen LogP contribution < -0.4 is 10.1 Å². The third-order valence-corrected chi connectivity index (χ3v) is 3.77. The van der Waals surface area contributed by atoms with Crippen LogP contribution in [0.4, 0.5) is 0 Å². The van der Waals surface area contributed by atoms with Crippen molar-refractivity contribution in [3.63, 3.8) is 0 Å². The Balaban J connectivity index is 1.87. The fraction of sp³-hybridized carbons (Fsp3) is 0.588. The molecule has 1 amide bonds. The van der Waals surface area contributed by atoms with Crippen molar-refractivity contribution in [2.75, 3.05) is 13.2 Å². The largest absolute Gasteiger partial charge is 0.478 e. The summed E-state index contributed by atoms with van der Waals surface area (Å²) in [4.78, 5) is 12.3. The van der Waals surface area contributed by atoms with Gasteiger partial charge in [0.05, 0.1) is 6.10 Å². The van der Waals surface area contributed by atoms with Crippen molar-refractivity contribution < 1.29 is 14.3 Å². The lowest BCUT2D eigenvalue weighted by molar-refractivity contribution is -0.134. The van der Waals surface area contributed by atoms with E-state index in [2.05, 4.69) is 12.2 Å². The van der Waals surface area contributed by atoms with Gasteiger partial charge in [-0.15, -0.1) is 0 Å². The van der Waals surface area contributed by atoms with Gasteiger partial charge in [0.15, 0.2) is 5.60 Å². The van der Waals surface area contributed by atoms with Crippen LogP contribution in [-0.4, -0.2) is 30.8 Å². The summed E-state index contributed by atoms with van der Waals surface area (Å²) < 4.78 is 11.3. The van der Waals surface area contributed by atoms with Gasteiger partial charge in [0.2, 0.25) is 0 Å². The predicted octanol–water partition coefficient (Wildman–Crippen LogP) is 2.70. The molecule has 1 atom stereocenters. The lowest BCUT2D eigenvalue weighted by Gasteiger charge is -2.26. The van der Waals surface area contributed by atoms with Crippen LogP contribution in [0.5, 0.6) is 5.75 Å². The molecule has 21 heavy (non-hydrogen) atoms. The molecule has 1 saturated heterocycles. The molecule has 1 N–H and O–H groups in total. The highest BCUT2D eigenvalue weighted by Crippen LogP contribution is 2.20. The first kappa shape index (κ1) is 15.8. The number of benzene rings is 1. The third kappa shape index (κ3) is 4.46. The second-order valence-corrected chi connectivity index (χ2v) is 5.95. The Hall–Kier alpha value is -1.55. The van der Waals surface area contributed by atoms with Gasteiger partial charge >= 0.3 is 0 Å². The van der Waals surface area contributed by atoms with Crippen LogP contribution in [-0.2, 0) is 16.0 Å². The Morgan fingerprint density at radius 1 is 1.38 bits per heavy atom. The maximum absolute atomic E-state index is 12.3. The van der Waals surface area contributed by atoms with Crippen LogP contribution >= 0.6 is 0 Å². The zero-order valence-electron chi connectivity index (χ0n) is 13.1. The van der Waals surface area contributed by atoms with Gasteiger partial charge in [-0.05, 0) is 50.8 Å². The van der Waals surface area contributed by atoms with Gasteiger partial charge in [0, 0.05) is 13.2 Å². The van der Waals surface area contributed by atoms with Crippen molar-refractivity contribution in [1.29, 1.82) is 0 Å². The highest BCUT2D eigenvalue weighted by atomic mass is 16.5. The van der Waals surface area contributed by atoms with Gasteiger partial charge in [-0.3, -0.25) is 4.79 Å². The van der Waals surface area contributed by atoms with Crippen LogP contribution in [0.1, 0.15) is 39.2 Å². The lowest BCUT2D eigenvalue weighted by Crippen LogP contribution is -2.48. The molecule has 1 aromatic rings. The number of aryl methyl sites for hydroxylation is 1. The smallest absolute Gasteiger partial charge is 0.263 e. The van der Waals surface area contributed by atoms with E-state index in [0.717, 1.165) is 25.9 Å². The molecule has 1 heterocycles. The molecule has 0 bridgehead atoms. The first-order chi connectivity index (χ1) is 10.0. The predicted molar refractivity (Wildman–Crippen MR) is 82.5 cm³/mol. The van der Waals surface area contributed by atoms with E-state index in [4.69, 9.17) is 9.47 Å². The molecule has 0 radical (unpaired) electrons. The van der Waals surface area contributed by atoms with Crippen molar-refractivity contribution in [2.45, 2.75) is 51.7 Å². The molecule has 0 saturated carbocycles. The Morgan fingerprint density at radius 3 is 2.67 bits per heavy atom. The van der Waals surface area contributed by atoms with E-state index < -0.39 is 5.60 Å². The summed E-state index contributed by atoms with van der Waals surface area (Å²) in [5.74, 6) is 0.599. The molecule has 1 aliphatic heterocycles. The van der Waals surface area contributed by atoms with Gasteiger partial charge in [-0.1, -0.05) is 19.1 Å². The first-order valence-corrected chi connectivity index (χ1v) is 7.69. The minimum absolute atomic E-state index is 0.113. The standard InChI is InChI=1S/C17H25NO3/c1-4-13-7-9-14(10-8-13)21-17(2,3)16(19)18-12-15-6-5-11-20-15/h7-10,15H,4-6,11-12H2,1-3H3,(H,18,19)/t15-/m1/s1. The summed E-state index contributed by atoms with van der Waals surface area (Å²) in [5, 5.41) is 2.92. The zero-order valence-corrected chi connectivity index (χ0v) is 13.1. The van der Waals surface area contributed by atoms with Gasteiger partial charge in [-0.25, -0.2) is 0 Å². The van der Waals surface area contributed by atoms with E-state index in [-0.39, 0.29) is 12.0 Å². The molecule has 0 aromatic heterocycles. The number of amides is 1. The average Bonchev–Trinajstić information content (AvgIpc) is 2.98. The molecule has 0 spiro atoms. The van der Waals surface area contributed by atoms with Gasteiger partial charge < -0.3 is 14.8 Å². The summed E-state index contributed by atoms with van der Waals surface area (Å²) in [6.07, 6.45) is 3.23. The van der Waals surface area contributed by atoms with Crippen LogP contribution in [0.3, 0.4) is 0 Å². The molecule has 4 heteroatoms. The number of nitrogens with one attached hydrogen (secondary N) is 1. The zero-order chi connectivity index (χ0) is 15.3. The highest BCUT2D eigenvalue weighted by Gasteiger charge is 2.30. The molecule has 1 aliphatic rings. The fourth-order valence-electron chi connectivity index (χ4n) is 2.36. The fourth-order valence-corrected chi connectivity index (χ4v) is 2.36. The van der Waals surface area contributed by atoms with E-state index >= 15 is 0 Å². The Bertz CT molecular complexity index is 461. The third-order valence-electron chi connectivity index (χ3n) is 3.77. The summed E-state index contributed by atoms with van der Waals surface area (Å²) >= 11 is 0. The van der Waals surface area contributed by atoms with Crippen molar-refractivity contribution >= 4 is 5.91 Å². The molecular weight excluding hydrogens is 266 g/mol. The number of rotatable bonds is 6. The Morgan fingerprint density at radius 2 is 2.10 bits per heavy atom. The van der Waals surface area contributed by atoms with Crippen molar-refractivity contribution in [3.8, 4) is 5.75 Å². The Kier molecular flexibility index (Phi) is 5.23. The summed E-state index contributed by atoms with van der Waals surface area (Å²) in [6, 6.07) is 7.87. The maximum Gasteiger partial charge on any atom is 0.263 e. The molecule has 116 valence electrons. The lowest BCUT2D eigenvalue weighted by atomic mass is 10.1. The quantitative estimate of drug-likeness (QED) is 0.876. The van der Waals surface area contributed by atoms with Gasteiger partial charge in [0.25, 0.3) is 5.91 Å². The maximum atomic E-state index is 12.3. The summed E-state index contributed by atoms with van der Waals surface area (Å²) in [7, 11) is 0. The van der Waals surface area contributed by atoms with Crippen LogP contribution in [0, 0.1) is 0 Å². The number of carbonyl (C=O) groups is 1. The van der Waals surface area contributed by atoms with Crippen molar-refractivity contribution in [2.24, 2.45) is 0 Å². The molecule has 2 rings (SSSR count). The van der Waals surface area contributed by atoms with Crippen LogP contribution in [0.15, 0.2) is 24.3 Å². The Labute approximate surface area is 126 Å². The van der Waals surface area contributed by atoms with E-state index in [1.54, 1.807) is 13.8 Å². The summed E-state index contributed by atoms with van der Waals surface area (Å²) in [6.45, 7) is 7.03. The molecule has 0 aliphatic carbocycles. The number of hydrogen-bond acceptors (Lipinski definition) is 3. The van der Waals surface area contributed by atoms with Crippen molar-refractivity contribution in [1.82, 2.24) is 5.32 Å². The molecule has 4 nitrogen and oxygen atoms in total. The molecule has 0 unspecified atom stereocenters. The van der Waals surface area contributed by atoms with E-state index in [9.17, 15) is 4.79 Å². The van der Waals surface area contributed by atoms with Crippen molar-refractivity contribution in [3.05, 3.63) is 29.8 Å². The van der Waals surface area contributed by atoms with Crippen LogP contribution in [0.2, 0.25) is 0 Å². The topological polar surface area (TPSA) is 47.6 Å². The average molecular weight is 291 g/mol. The molecular formula is C17H25NO3. The van der Waals surface area contributed by atoms with E-state index in [1.807, 2.05) is 24.3 Å². The first-order valence-electron chi connectivity index (χ1n) is 7.69. The molecule has 1 aromatic carbocycles. The number of hydrogen-bond donors (Lipinski definition) is 1. The van der Waals surface area contributed by atoms with Gasteiger partial charge in [-0.2, -0.15) is 0 Å². The monoisotopic (exact) mass is 291 g/mol. The SMILES string of the molecule is CCc1ccc(OC(C)(C)C(=O)NC[C@H]2CCCO2)cc1. The number of ether oxygens (including phenoxy) is 2. The minimum atomic E-state index is -0.896. The normalized spacial score (nSPS) is 18.5. The van der Waals surface area contributed by atoms with E-state index in [0.29, 0.717) is 12.3 Å². The van der Waals surface area contributed by atoms with Crippen LogP contribution in [0.25, 0.3) is 0 Å². The molecule has 1 fully saturated rings. The van der Waals surface area contributed by atoms with E-state index in [1.165, 1.54) is 5.56 Å². The number of carbonyl (C=O) groups excluding carboxylic acids is 1. The second kappa shape index (κ2) is 6.94. The summed E-state index contributed by atoms with van der Waals surface area (Å²) in [5.41, 5.74) is 0.356. The highest BCUT2D eigenvalue weighted by molar-refractivity contribution is 5.84. The minimum Gasteiger partial charge on any atom is -0.478 e. The van der Waals surface area contributed by atoms with Gasteiger partial charge in [0.1, 0.15) is 5.75 Å².